The Hall–Kier alpha value is -3.20. The van der Waals surface area contributed by atoms with E-state index in [0.29, 0.717) is 0 Å². The maximum absolute atomic E-state index is 9.88. The van der Waals surface area contributed by atoms with Gasteiger partial charge in [-0.25, -0.2) is 0 Å². The Morgan fingerprint density at radius 2 is 1.10 bits per heavy atom. The molecule has 0 saturated heterocycles. The topological polar surface area (TPSA) is 40.5 Å². The normalized spacial score (nSPS) is 19.8. The Bertz CT molecular complexity index is 1250. The van der Waals surface area contributed by atoms with Crippen LogP contribution in [0.15, 0.2) is 142 Å². The SMILES string of the molecule is CC1=C(/C=C/C(C)=C/C=C/C(C)=C/C=C/C=C(C)/C=C/C=C(C)/C=C/C=C(C)/C=C/[C@@H](O)C(C)(C)O)C(C)(C)CCC1. The number of aliphatic hydroxyl groups excluding tert-OH is 1. The molecule has 1 atom stereocenters. The first-order valence-electron chi connectivity index (χ1n) is 15.2. The zero-order chi connectivity index (χ0) is 31.8. The van der Waals surface area contributed by atoms with E-state index in [1.54, 1.807) is 19.9 Å². The third kappa shape index (κ3) is 15.7. The van der Waals surface area contributed by atoms with E-state index in [9.17, 15) is 10.2 Å². The van der Waals surface area contributed by atoms with Gasteiger partial charge >= 0.3 is 0 Å². The van der Waals surface area contributed by atoms with E-state index in [4.69, 9.17) is 0 Å². The average Bonchev–Trinajstić information content (AvgIpc) is 2.88. The molecule has 2 nitrogen and oxygen atoms in total. The number of rotatable bonds is 13. The molecule has 0 unspecified atom stereocenters. The minimum Gasteiger partial charge on any atom is -0.387 e. The van der Waals surface area contributed by atoms with Crippen molar-refractivity contribution in [3.8, 4) is 0 Å². The van der Waals surface area contributed by atoms with Gasteiger partial charge in [0, 0.05) is 0 Å². The number of aliphatic hydroxyl groups is 2. The highest BCUT2D eigenvalue weighted by Crippen LogP contribution is 2.40. The molecule has 2 N–H and O–H groups in total. The van der Waals surface area contributed by atoms with Gasteiger partial charge in [0.25, 0.3) is 0 Å². The van der Waals surface area contributed by atoms with Crippen molar-refractivity contribution in [3.63, 3.8) is 0 Å². The van der Waals surface area contributed by atoms with Crippen LogP contribution in [0, 0.1) is 5.41 Å². The van der Waals surface area contributed by atoms with Crippen LogP contribution in [0.2, 0.25) is 0 Å². The number of hydrogen-bond acceptors (Lipinski definition) is 2. The molecule has 0 heterocycles. The maximum atomic E-state index is 9.88. The van der Waals surface area contributed by atoms with Gasteiger partial charge in [-0.1, -0.05) is 151 Å². The van der Waals surface area contributed by atoms with Gasteiger partial charge in [-0.05, 0) is 85.6 Å². The second-order valence-corrected chi connectivity index (χ2v) is 12.7. The summed E-state index contributed by atoms with van der Waals surface area (Å²) < 4.78 is 0. The molecule has 0 aliphatic heterocycles. The lowest BCUT2D eigenvalue weighted by atomic mass is 9.72. The summed E-state index contributed by atoms with van der Waals surface area (Å²) in [6, 6.07) is 0. The molecule has 228 valence electrons. The third-order valence-corrected chi connectivity index (χ3v) is 7.30. The molecule has 1 rings (SSSR count). The molecule has 0 spiro atoms. The average molecular weight is 569 g/mol. The van der Waals surface area contributed by atoms with Gasteiger partial charge in [0.05, 0.1) is 5.60 Å². The maximum Gasteiger partial charge on any atom is 0.101 e. The van der Waals surface area contributed by atoms with Crippen molar-refractivity contribution in [2.24, 2.45) is 5.41 Å². The lowest BCUT2D eigenvalue weighted by molar-refractivity contribution is -0.0226. The molecule has 2 heteroatoms. The summed E-state index contributed by atoms with van der Waals surface area (Å²) in [5, 5.41) is 19.7. The highest BCUT2D eigenvalue weighted by Gasteiger charge is 2.26. The van der Waals surface area contributed by atoms with E-state index in [1.165, 1.54) is 47.1 Å². The molecule has 0 fully saturated rings. The van der Waals surface area contributed by atoms with Crippen LogP contribution >= 0.6 is 0 Å². The monoisotopic (exact) mass is 568 g/mol. The first-order valence-corrected chi connectivity index (χ1v) is 15.2. The summed E-state index contributed by atoms with van der Waals surface area (Å²) in [5.41, 5.74) is 7.92. The van der Waals surface area contributed by atoms with Crippen LogP contribution in [0.25, 0.3) is 0 Å². The van der Waals surface area contributed by atoms with E-state index < -0.39 is 11.7 Å². The Labute approximate surface area is 257 Å². The van der Waals surface area contributed by atoms with Gasteiger partial charge in [0.1, 0.15) is 6.10 Å². The summed E-state index contributed by atoms with van der Waals surface area (Å²) >= 11 is 0. The van der Waals surface area contributed by atoms with E-state index in [2.05, 4.69) is 121 Å². The lowest BCUT2D eigenvalue weighted by Crippen LogP contribution is -2.34. The van der Waals surface area contributed by atoms with Crippen LogP contribution in [0.4, 0.5) is 0 Å². The largest absolute Gasteiger partial charge is 0.387 e. The second-order valence-electron chi connectivity index (χ2n) is 12.7. The molecule has 0 aromatic heterocycles. The zero-order valence-corrected chi connectivity index (χ0v) is 27.9. The van der Waals surface area contributed by atoms with Crippen molar-refractivity contribution in [3.05, 3.63) is 142 Å². The Balaban J connectivity index is 2.61. The van der Waals surface area contributed by atoms with Crippen LogP contribution in [-0.4, -0.2) is 21.9 Å². The fourth-order valence-corrected chi connectivity index (χ4v) is 4.45. The van der Waals surface area contributed by atoms with E-state index in [1.807, 2.05) is 31.2 Å². The van der Waals surface area contributed by atoms with Crippen molar-refractivity contribution < 1.29 is 10.2 Å². The van der Waals surface area contributed by atoms with Gasteiger partial charge < -0.3 is 10.2 Å². The lowest BCUT2D eigenvalue weighted by Gasteiger charge is -2.32. The van der Waals surface area contributed by atoms with Crippen LogP contribution in [0.5, 0.6) is 0 Å². The van der Waals surface area contributed by atoms with E-state index in [0.717, 1.165) is 11.1 Å². The molecule has 0 bridgehead atoms. The number of allylic oxidation sites excluding steroid dienone is 23. The molecular weight excluding hydrogens is 512 g/mol. The van der Waals surface area contributed by atoms with Crippen molar-refractivity contribution in [2.75, 3.05) is 0 Å². The minimum absolute atomic E-state index is 0.276. The highest BCUT2D eigenvalue weighted by atomic mass is 16.3. The molecule has 0 radical (unpaired) electrons. The van der Waals surface area contributed by atoms with Crippen molar-refractivity contribution in [1.82, 2.24) is 0 Å². The summed E-state index contributed by atoms with van der Waals surface area (Å²) in [6.07, 6.45) is 37.9. The first kappa shape index (κ1) is 36.8. The Morgan fingerprint density at radius 1 is 0.690 bits per heavy atom. The van der Waals surface area contributed by atoms with E-state index >= 15 is 0 Å². The predicted molar refractivity (Wildman–Crippen MR) is 186 cm³/mol. The van der Waals surface area contributed by atoms with Crippen LogP contribution < -0.4 is 0 Å². The standard InChI is InChI=1S/C40H56O2/c1-31(19-13-21-33(3)22-15-24-35(5)27-29-38(41)40(9,10)42)17-11-12-18-32(2)20-14-23-34(4)26-28-37-36(6)25-16-30-39(37,7)8/h11-15,17-24,26-29,38,41-42H,16,25,30H2,1-10H3/b12-11+,19-13+,20-14+,22-15+,28-26+,29-27+,31-17+,32-18+,33-21+,34-23+,35-24+/t38-/m1/s1. The smallest absolute Gasteiger partial charge is 0.101 e. The molecule has 0 amide bonds. The summed E-state index contributed by atoms with van der Waals surface area (Å²) in [6.45, 7) is 20.5. The molecule has 1 aliphatic rings. The predicted octanol–water partition coefficient (Wildman–Crippen LogP) is 10.7. The molecule has 0 saturated carbocycles. The fraction of sp³-hybridized carbons (Fsp3) is 0.400. The molecule has 0 aromatic rings. The fourth-order valence-electron chi connectivity index (χ4n) is 4.45. The Morgan fingerprint density at radius 3 is 1.52 bits per heavy atom. The zero-order valence-electron chi connectivity index (χ0n) is 27.9. The summed E-state index contributed by atoms with van der Waals surface area (Å²) in [5.74, 6) is 0. The Kier molecular flexibility index (Phi) is 16.1. The van der Waals surface area contributed by atoms with Gasteiger partial charge in [0.2, 0.25) is 0 Å². The van der Waals surface area contributed by atoms with Crippen molar-refractivity contribution in [1.29, 1.82) is 0 Å². The quantitative estimate of drug-likeness (QED) is 0.217. The van der Waals surface area contributed by atoms with Crippen LogP contribution in [0.1, 0.15) is 88.5 Å². The third-order valence-electron chi connectivity index (χ3n) is 7.30. The van der Waals surface area contributed by atoms with Crippen molar-refractivity contribution in [2.45, 2.75) is 100 Å². The van der Waals surface area contributed by atoms with Crippen molar-refractivity contribution >= 4 is 0 Å². The molecule has 1 aliphatic carbocycles. The highest BCUT2D eigenvalue weighted by molar-refractivity contribution is 5.37. The number of hydrogen-bond donors (Lipinski definition) is 2. The molecule has 0 aromatic carbocycles. The summed E-state index contributed by atoms with van der Waals surface area (Å²) in [7, 11) is 0. The summed E-state index contributed by atoms with van der Waals surface area (Å²) in [4.78, 5) is 0. The molecule has 42 heavy (non-hydrogen) atoms. The minimum atomic E-state index is -1.15. The van der Waals surface area contributed by atoms with Gasteiger partial charge in [-0.3, -0.25) is 0 Å². The van der Waals surface area contributed by atoms with Crippen LogP contribution in [-0.2, 0) is 0 Å². The molecular formula is C40H56O2. The van der Waals surface area contributed by atoms with Crippen LogP contribution in [0.3, 0.4) is 0 Å². The van der Waals surface area contributed by atoms with Gasteiger partial charge in [0.15, 0.2) is 0 Å². The second kappa shape index (κ2) is 18.4. The van der Waals surface area contributed by atoms with Gasteiger partial charge in [-0.2, -0.15) is 0 Å². The first-order chi connectivity index (χ1) is 19.6. The van der Waals surface area contributed by atoms with E-state index in [-0.39, 0.29) is 5.41 Å². The van der Waals surface area contributed by atoms with Gasteiger partial charge in [-0.15, -0.1) is 0 Å².